The highest BCUT2D eigenvalue weighted by Gasteiger charge is 2.51. The van der Waals surface area contributed by atoms with Crippen LogP contribution in [0.3, 0.4) is 0 Å². The highest BCUT2D eigenvalue weighted by Crippen LogP contribution is 2.52. The molecule has 10 aromatic rings. The number of ether oxygens (including phenoxy) is 3. The minimum Gasteiger partial charge on any atom is -0.458 e. The summed E-state index contributed by atoms with van der Waals surface area (Å²) in [5.74, 6) is 4.67. The van der Waals surface area contributed by atoms with E-state index in [1.807, 2.05) is 30.3 Å². The Kier molecular flexibility index (Phi) is 14.1. The summed E-state index contributed by atoms with van der Waals surface area (Å²) < 4.78 is 21.7. The van der Waals surface area contributed by atoms with Crippen LogP contribution in [-0.4, -0.2) is 13.4 Å². The molecule has 6 nitrogen and oxygen atoms in total. The van der Waals surface area contributed by atoms with Gasteiger partial charge in [-0.2, -0.15) is 0 Å². The fraction of sp³-hybridized carbons (Fsp3) is 0.286. The molecule has 4 heterocycles. The van der Waals surface area contributed by atoms with E-state index >= 15 is 0 Å². The van der Waals surface area contributed by atoms with E-state index in [0.29, 0.717) is 5.75 Å². The number of para-hydroxylation sites is 4. The maximum absolute atomic E-state index is 7.55. The lowest BCUT2D eigenvalue weighted by Crippen LogP contribution is -2.66. The summed E-state index contributed by atoms with van der Waals surface area (Å²) in [7, 11) is 0. The molecule has 14 rings (SSSR count). The molecule has 0 bridgehead atoms. The second-order valence-electron chi connectivity index (χ2n) is 32.3. The lowest BCUT2D eigenvalue weighted by Gasteiger charge is -2.48. The van der Waals surface area contributed by atoms with Crippen molar-refractivity contribution in [3.63, 3.8) is 0 Å². The summed E-state index contributed by atoms with van der Waals surface area (Å²) in [5.41, 5.74) is 23.7. The molecule has 8 heteroatoms. The van der Waals surface area contributed by atoms with Crippen molar-refractivity contribution in [1.29, 1.82) is 0 Å². The lowest BCUT2D eigenvalue weighted by molar-refractivity contribution is 0.459. The average Bonchev–Trinajstić information content (AvgIpc) is 0.683. The third kappa shape index (κ3) is 10.5. The molecular formula is C84H87B2N3O3. The van der Waals surface area contributed by atoms with E-state index in [4.69, 9.17) is 14.2 Å². The number of benzene rings is 10. The van der Waals surface area contributed by atoms with Crippen molar-refractivity contribution in [2.24, 2.45) is 0 Å². The smallest absolute Gasteiger partial charge is 0.256 e. The number of nitrogens with zero attached hydrogens (tertiary/aromatic N) is 3. The van der Waals surface area contributed by atoms with Crippen LogP contribution in [0.1, 0.15) is 158 Å². The average molecular weight is 1210 g/mol. The topological polar surface area (TPSA) is 37.4 Å². The molecule has 0 N–H and O–H groups in total. The molecule has 4 aliphatic rings. The van der Waals surface area contributed by atoms with Crippen molar-refractivity contribution in [2.75, 3.05) is 14.7 Å². The second-order valence-corrected chi connectivity index (χ2v) is 32.3. The van der Waals surface area contributed by atoms with Crippen molar-refractivity contribution in [1.82, 2.24) is 0 Å². The number of hydrogen-bond acceptors (Lipinski definition) is 6. The summed E-state index contributed by atoms with van der Waals surface area (Å²) in [6.07, 6.45) is 0. The first-order valence-corrected chi connectivity index (χ1v) is 33.1. The molecule has 0 unspecified atom stereocenters. The van der Waals surface area contributed by atoms with Crippen LogP contribution in [0.2, 0.25) is 0 Å². The van der Waals surface area contributed by atoms with E-state index in [0.717, 1.165) is 79.7 Å². The fourth-order valence-corrected chi connectivity index (χ4v) is 14.5. The number of hydrogen-bond donors (Lipinski definition) is 0. The first-order valence-electron chi connectivity index (χ1n) is 33.1. The van der Waals surface area contributed by atoms with Crippen LogP contribution >= 0.6 is 0 Å². The van der Waals surface area contributed by atoms with Crippen LogP contribution in [0.4, 0.5) is 51.2 Å². The standard InChI is InChI=1S/C84H87B2N3O3/c1-79(2,3)52-39-53(80(4,5)6)41-58(40-52)89-69-44-54(81(7,8)9)42-63(83(13,14)15)75(69)85-65-50-66-68(51-67(65)87(56-31-23-19-24-32-56)70-46-61(47-71(89)77(70)85)90-59-35-27-21-28-36-59)88(57-33-25-20-26-34-57)72-48-62(91-60-37-29-22-30-38-60)49-74-78(72)86(66)76-64(84(16,17)18)43-55(82(10,11)12)45-73(76)92-74/h19-51H,1-18H3. The number of anilines is 9. The molecule has 0 spiro atoms. The van der Waals surface area contributed by atoms with Gasteiger partial charge in [0.15, 0.2) is 0 Å². The van der Waals surface area contributed by atoms with Gasteiger partial charge >= 0.3 is 0 Å². The molecule has 0 aromatic heterocycles. The Bertz CT molecular complexity index is 4520. The molecule has 92 heavy (non-hydrogen) atoms. The molecule has 462 valence electrons. The Morgan fingerprint density at radius 2 is 0.630 bits per heavy atom. The fourth-order valence-electron chi connectivity index (χ4n) is 14.5. The van der Waals surface area contributed by atoms with Crippen molar-refractivity contribution in [2.45, 2.75) is 157 Å². The van der Waals surface area contributed by atoms with Gasteiger partial charge in [0.2, 0.25) is 0 Å². The molecule has 0 aliphatic carbocycles. The highest BCUT2D eigenvalue weighted by atomic mass is 16.5. The maximum Gasteiger partial charge on any atom is 0.256 e. The van der Waals surface area contributed by atoms with Gasteiger partial charge in [-0.25, -0.2) is 0 Å². The minimum atomic E-state index is -0.288. The van der Waals surface area contributed by atoms with E-state index in [-0.39, 0.29) is 45.9 Å². The third-order valence-corrected chi connectivity index (χ3v) is 19.4. The van der Waals surface area contributed by atoms with Gasteiger partial charge in [-0.1, -0.05) is 222 Å². The van der Waals surface area contributed by atoms with Gasteiger partial charge in [0.25, 0.3) is 13.4 Å². The summed E-state index contributed by atoms with van der Waals surface area (Å²) in [5, 5.41) is 0. The first kappa shape index (κ1) is 60.7. The van der Waals surface area contributed by atoms with Gasteiger partial charge in [0.05, 0.1) is 0 Å². The van der Waals surface area contributed by atoms with E-state index in [1.54, 1.807) is 0 Å². The highest BCUT2D eigenvalue weighted by molar-refractivity contribution is 7.03. The largest absolute Gasteiger partial charge is 0.458 e. The molecule has 0 amide bonds. The summed E-state index contributed by atoms with van der Waals surface area (Å²) in [6.45, 7) is 42.0. The van der Waals surface area contributed by atoms with Crippen molar-refractivity contribution >= 4 is 97.4 Å². The lowest BCUT2D eigenvalue weighted by atomic mass is 9.29. The van der Waals surface area contributed by atoms with Gasteiger partial charge < -0.3 is 28.9 Å². The van der Waals surface area contributed by atoms with Crippen LogP contribution in [0.15, 0.2) is 200 Å². The molecular weight excluding hydrogens is 1120 g/mol. The summed E-state index contributed by atoms with van der Waals surface area (Å²) >= 11 is 0. The van der Waals surface area contributed by atoms with Gasteiger partial charge in [0, 0.05) is 75.5 Å². The van der Waals surface area contributed by atoms with Crippen molar-refractivity contribution < 1.29 is 14.2 Å². The predicted molar refractivity (Wildman–Crippen MR) is 392 cm³/mol. The van der Waals surface area contributed by atoms with Crippen LogP contribution in [0.5, 0.6) is 34.5 Å². The van der Waals surface area contributed by atoms with Gasteiger partial charge in [0.1, 0.15) is 34.5 Å². The van der Waals surface area contributed by atoms with Crippen LogP contribution < -0.4 is 61.7 Å². The molecule has 0 radical (unpaired) electrons. The van der Waals surface area contributed by atoms with Gasteiger partial charge in [-0.3, -0.25) is 0 Å². The molecule has 0 atom stereocenters. The quantitative estimate of drug-likeness (QED) is 0.148. The maximum atomic E-state index is 7.55. The van der Waals surface area contributed by atoms with Crippen molar-refractivity contribution in [3.05, 3.63) is 234 Å². The zero-order chi connectivity index (χ0) is 64.9. The Labute approximate surface area is 548 Å². The molecule has 10 aromatic carbocycles. The molecule has 0 saturated carbocycles. The first-order chi connectivity index (χ1) is 43.4. The van der Waals surface area contributed by atoms with E-state index in [9.17, 15) is 0 Å². The van der Waals surface area contributed by atoms with Crippen LogP contribution in [-0.2, 0) is 32.5 Å². The Morgan fingerprint density at radius 3 is 1.08 bits per heavy atom. The molecule has 0 fully saturated rings. The Morgan fingerprint density at radius 1 is 0.272 bits per heavy atom. The third-order valence-electron chi connectivity index (χ3n) is 19.4. The molecule has 4 aliphatic heterocycles. The Hall–Kier alpha value is -8.87. The summed E-state index contributed by atoms with van der Waals surface area (Å²) in [6, 6.07) is 73.9. The normalized spacial score (nSPS) is 14.2. The van der Waals surface area contributed by atoms with Crippen LogP contribution in [0, 0.1) is 0 Å². The van der Waals surface area contributed by atoms with E-state index in [2.05, 4.69) is 309 Å². The minimum absolute atomic E-state index is 0.145. The SMILES string of the molecule is CC(C)(C)c1cc(N2c3cc(Oc4ccccc4)cc4c3B(c3cc5c(cc3N4c3ccccc3)N(c3ccccc3)c3cc(Oc4ccccc4)cc4c3B5c3c(cc(C(C)(C)C)cc3C(C)(C)C)O4)c3c2cc(C(C)(C)C)cc3C(C)(C)C)cc(C(C)(C)C)c1. The zero-order valence-corrected chi connectivity index (χ0v) is 57.3. The van der Waals surface area contributed by atoms with Gasteiger partial charge in [-0.05, 0) is 178 Å². The molecule has 0 saturated heterocycles. The zero-order valence-electron chi connectivity index (χ0n) is 57.3. The van der Waals surface area contributed by atoms with Gasteiger partial charge in [-0.15, -0.1) is 0 Å². The Balaban J connectivity index is 1.16. The number of fused-ring (bicyclic) bond motifs is 8. The predicted octanol–water partition coefficient (Wildman–Crippen LogP) is 19.5. The van der Waals surface area contributed by atoms with Crippen molar-refractivity contribution in [3.8, 4) is 34.5 Å². The van der Waals surface area contributed by atoms with E-state index < -0.39 is 0 Å². The summed E-state index contributed by atoms with van der Waals surface area (Å²) in [4.78, 5) is 7.67. The number of rotatable bonds is 7. The van der Waals surface area contributed by atoms with Crippen LogP contribution in [0.25, 0.3) is 0 Å². The monoisotopic (exact) mass is 1210 g/mol. The van der Waals surface area contributed by atoms with E-state index in [1.165, 1.54) is 66.4 Å². The second kappa shape index (κ2) is 21.3.